The second-order valence-corrected chi connectivity index (χ2v) is 12.2. The first-order chi connectivity index (χ1) is 22.7. The Kier molecular flexibility index (Phi) is 7.75. The molecule has 8 rings (SSSR count). The first-order valence-corrected chi connectivity index (χ1v) is 16.1. The maximum atomic E-state index is 14.8. The molecule has 0 unspecified atom stereocenters. The summed E-state index contributed by atoms with van der Waals surface area (Å²) in [6, 6.07) is 10.6. The van der Waals surface area contributed by atoms with Crippen LogP contribution < -0.4 is 9.47 Å². The lowest BCUT2D eigenvalue weighted by Crippen LogP contribution is -2.25. The second kappa shape index (κ2) is 12.5. The van der Waals surface area contributed by atoms with Crippen LogP contribution in [-0.4, -0.2) is 72.4 Å². The van der Waals surface area contributed by atoms with Crippen molar-refractivity contribution in [2.24, 2.45) is 0 Å². The normalized spacial score (nSPS) is 16.0. The number of pyridine rings is 3. The number of nitrogens with zero attached hydrogens (tertiary/aromatic N) is 6. The van der Waals surface area contributed by atoms with Gasteiger partial charge in [0.25, 0.3) is 0 Å². The molecule has 0 atom stereocenters. The van der Waals surface area contributed by atoms with E-state index < -0.39 is 0 Å². The Morgan fingerprint density at radius 1 is 0.870 bits per heavy atom. The van der Waals surface area contributed by atoms with Crippen molar-refractivity contribution >= 4 is 22.1 Å². The molecule has 234 valence electrons. The predicted molar refractivity (Wildman–Crippen MR) is 174 cm³/mol. The molecule has 0 bridgehead atoms. The van der Waals surface area contributed by atoms with Crippen molar-refractivity contribution in [2.75, 3.05) is 26.2 Å². The minimum atomic E-state index is -0.385. The average molecular weight is 619 g/mol. The minimum absolute atomic E-state index is 0.241. The summed E-state index contributed by atoms with van der Waals surface area (Å²) in [7, 11) is 0. The number of imidazole rings is 1. The van der Waals surface area contributed by atoms with Crippen molar-refractivity contribution in [3.05, 3.63) is 67.0 Å². The molecule has 1 saturated heterocycles. The Labute approximate surface area is 265 Å². The van der Waals surface area contributed by atoms with E-state index in [-0.39, 0.29) is 11.9 Å². The van der Waals surface area contributed by atoms with E-state index in [1.165, 1.54) is 44.2 Å². The smallest absolute Gasteiger partial charge is 0.181 e. The molecule has 0 amide bonds. The van der Waals surface area contributed by atoms with Gasteiger partial charge in [0.05, 0.1) is 28.9 Å². The summed E-state index contributed by atoms with van der Waals surface area (Å²) in [5.74, 6) is 1.44. The Morgan fingerprint density at radius 2 is 1.72 bits per heavy atom. The van der Waals surface area contributed by atoms with Gasteiger partial charge in [-0.25, -0.2) is 14.4 Å². The highest BCUT2D eigenvalue weighted by Crippen LogP contribution is 2.34. The fourth-order valence-electron chi connectivity index (χ4n) is 6.60. The Balaban J connectivity index is 1.08. The molecule has 6 aromatic rings. The van der Waals surface area contributed by atoms with Gasteiger partial charge in [0.1, 0.15) is 35.1 Å². The van der Waals surface area contributed by atoms with Crippen molar-refractivity contribution in [1.82, 2.24) is 40.0 Å². The molecule has 1 aromatic carbocycles. The Morgan fingerprint density at radius 3 is 2.61 bits per heavy atom. The number of nitrogens with one attached hydrogen (secondary N) is 2. The zero-order chi connectivity index (χ0) is 30.9. The minimum Gasteiger partial charge on any atom is -0.492 e. The molecule has 1 aliphatic carbocycles. The topological polar surface area (TPSA) is 118 Å². The number of hydrogen-bond donors (Lipinski definition) is 2. The quantitative estimate of drug-likeness (QED) is 0.179. The average Bonchev–Trinajstić information content (AvgIpc) is 3.85. The zero-order valence-electron chi connectivity index (χ0n) is 25.5. The second-order valence-electron chi connectivity index (χ2n) is 12.2. The highest BCUT2D eigenvalue weighted by atomic mass is 19.1. The molecule has 46 heavy (non-hydrogen) atoms. The molecule has 2 aliphatic rings. The number of H-pyrrole nitrogens is 2. The van der Waals surface area contributed by atoms with Gasteiger partial charge in [-0.1, -0.05) is 6.42 Å². The first-order valence-electron chi connectivity index (χ1n) is 16.1. The Hall–Kier alpha value is -4.90. The van der Waals surface area contributed by atoms with Gasteiger partial charge in [-0.05, 0) is 81.9 Å². The summed E-state index contributed by atoms with van der Waals surface area (Å²) in [5, 5.41) is 8.35. The number of aromatic nitrogens is 7. The van der Waals surface area contributed by atoms with Crippen molar-refractivity contribution in [3.8, 4) is 45.4 Å². The molecule has 6 heterocycles. The summed E-state index contributed by atoms with van der Waals surface area (Å²) in [4.78, 5) is 24.3. The molecule has 10 nitrogen and oxygen atoms in total. The van der Waals surface area contributed by atoms with Gasteiger partial charge in [0.2, 0.25) is 0 Å². The molecule has 0 radical (unpaired) electrons. The fraction of sp³-hybridized carbons (Fsp3) is 0.343. The van der Waals surface area contributed by atoms with E-state index in [9.17, 15) is 4.39 Å². The molecule has 0 spiro atoms. The van der Waals surface area contributed by atoms with Crippen LogP contribution in [0.2, 0.25) is 0 Å². The molecule has 11 heteroatoms. The number of likely N-dealkylation sites (tertiary alicyclic amines) is 1. The van der Waals surface area contributed by atoms with E-state index in [4.69, 9.17) is 14.5 Å². The zero-order valence-corrected chi connectivity index (χ0v) is 25.5. The number of aromatic amines is 2. The first kappa shape index (κ1) is 28.6. The largest absolute Gasteiger partial charge is 0.492 e. The van der Waals surface area contributed by atoms with Gasteiger partial charge in [-0.3, -0.25) is 20.0 Å². The highest BCUT2D eigenvalue weighted by molar-refractivity contribution is 5.96. The SMILES string of the molecule is Fc1cc(OCCN2CCCC2)cc(-c2nccc3[nH]c(-c4[nH]nc5ncc(-c6cncc(OC7CCCCC7)c6)cc45)nc23)c1. The molecule has 1 aliphatic heterocycles. The molecular weight excluding hydrogens is 583 g/mol. The lowest BCUT2D eigenvalue weighted by atomic mass is 9.98. The van der Waals surface area contributed by atoms with Gasteiger partial charge in [-0.15, -0.1) is 0 Å². The van der Waals surface area contributed by atoms with Crippen LogP contribution in [0.5, 0.6) is 11.5 Å². The van der Waals surface area contributed by atoms with Crippen molar-refractivity contribution < 1.29 is 13.9 Å². The molecule has 2 fully saturated rings. The lowest BCUT2D eigenvalue weighted by Gasteiger charge is -2.23. The van der Waals surface area contributed by atoms with Gasteiger partial charge in [0.15, 0.2) is 11.5 Å². The van der Waals surface area contributed by atoms with Crippen LogP contribution in [0.25, 0.3) is 56.0 Å². The van der Waals surface area contributed by atoms with E-state index in [2.05, 4.69) is 35.0 Å². The molecule has 5 aromatic heterocycles. The van der Waals surface area contributed by atoms with Crippen molar-refractivity contribution in [3.63, 3.8) is 0 Å². The third-order valence-electron chi connectivity index (χ3n) is 8.97. The van der Waals surface area contributed by atoms with Crippen LogP contribution in [0, 0.1) is 5.82 Å². The van der Waals surface area contributed by atoms with Crippen LogP contribution in [0.3, 0.4) is 0 Å². The van der Waals surface area contributed by atoms with Crippen LogP contribution in [-0.2, 0) is 0 Å². The summed E-state index contributed by atoms with van der Waals surface area (Å²) in [6.45, 7) is 3.51. The number of ether oxygens (including phenoxy) is 2. The third kappa shape index (κ3) is 5.90. The number of halogens is 1. The van der Waals surface area contributed by atoms with Gasteiger partial charge in [-0.2, -0.15) is 5.10 Å². The standard InChI is InChI=1S/C35H35FN8O2/c36-25-14-22(15-27(18-25)45-13-12-44-10-4-5-11-44)31-33-30(8-9-38-31)40-35(41-33)32-29-17-24(20-39-34(29)43-42-32)23-16-28(21-37-19-23)46-26-6-2-1-3-7-26/h8-9,14-21,26H,1-7,10-13H2,(H,40,41)(H,39,42,43). The number of benzene rings is 1. The van der Waals surface area contributed by atoms with Gasteiger partial charge >= 0.3 is 0 Å². The predicted octanol–water partition coefficient (Wildman–Crippen LogP) is 6.95. The van der Waals surface area contributed by atoms with Crippen LogP contribution in [0.1, 0.15) is 44.9 Å². The number of rotatable bonds is 9. The van der Waals surface area contributed by atoms with Crippen LogP contribution in [0.15, 0.2) is 61.2 Å². The number of fused-ring (bicyclic) bond motifs is 2. The lowest BCUT2D eigenvalue weighted by molar-refractivity contribution is 0.154. The van der Waals surface area contributed by atoms with E-state index in [0.29, 0.717) is 46.3 Å². The summed E-state index contributed by atoms with van der Waals surface area (Å²) in [5.41, 5.74) is 5.62. The molecular formula is C35H35FN8O2. The highest BCUT2D eigenvalue weighted by Gasteiger charge is 2.19. The van der Waals surface area contributed by atoms with E-state index >= 15 is 0 Å². The molecule has 2 N–H and O–H groups in total. The van der Waals surface area contributed by atoms with E-state index in [1.54, 1.807) is 18.6 Å². The van der Waals surface area contributed by atoms with Crippen molar-refractivity contribution in [2.45, 2.75) is 51.0 Å². The number of hydrogen-bond acceptors (Lipinski definition) is 8. The fourth-order valence-corrected chi connectivity index (χ4v) is 6.60. The Bertz CT molecular complexity index is 1990. The summed E-state index contributed by atoms with van der Waals surface area (Å²) in [6.07, 6.45) is 15.6. The van der Waals surface area contributed by atoms with Crippen LogP contribution in [0.4, 0.5) is 4.39 Å². The van der Waals surface area contributed by atoms with Gasteiger partial charge in [0, 0.05) is 47.9 Å². The van der Waals surface area contributed by atoms with Gasteiger partial charge < -0.3 is 14.5 Å². The molecule has 1 saturated carbocycles. The third-order valence-corrected chi connectivity index (χ3v) is 8.97. The van der Waals surface area contributed by atoms with E-state index in [0.717, 1.165) is 60.3 Å². The summed E-state index contributed by atoms with van der Waals surface area (Å²) < 4.78 is 27.0. The maximum absolute atomic E-state index is 14.8. The van der Waals surface area contributed by atoms with Crippen molar-refractivity contribution in [1.29, 1.82) is 0 Å². The van der Waals surface area contributed by atoms with Crippen LogP contribution >= 0.6 is 0 Å². The summed E-state index contributed by atoms with van der Waals surface area (Å²) >= 11 is 0. The maximum Gasteiger partial charge on any atom is 0.181 e. The van der Waals surface area contributed by atoms with E-state index in [1.807, 2.05) is 30.5 Å². The monoisotopic (exact) mass is 618 g/mol.